The maximum atomic E-state index is 4.96. The Balaban J connectivity index is 1.42. The van der Waals surface area contributed by atoms with Crippen LogP contribution in [0.1, 0.15) is 11.1 Å². The van der Waals surface area contributed by atoms with Crippen LogP contribution in [0.25, 0.3) is 44.9 Å². The van der Waals surface area contributed by atoms with E-state index in [9.17, 15) is 0 Å². The van der Waals surface area contributed by atoms with Gasteiger partial charge in [-0.2, -0.15) is 0 Å². The Labute approximate surface area is 181 Å². The summed E-state index contributed by atoms with van der Waals surface area (Å²) in [6, 6.07) is 36.1. The van der Waals surface area contributed by atoms with Gasteiger partial charge in [-0.15, -0.1) is 0 Å². The fraction of sp³-hybridized carbons (Fsp3) is 0.0345. The van der Waals surface area contributed by atoms with Crippen molar-refractivity contribution in [2.75, 3.05) is 0 Å². The van der Waals surface area contributed by atoms with Gasteiger partial charge in [0.1, 0.15) is 0 Å². The summed E-state index contributed by atoms with van der Waals surface area (Å²) in [4.78, 5) is 9.58. The average molecular weight is 396 g/mol. The fourth-order valence-corrected chi connectivity index (χ4v) is 4.50. The molecule has 1 aliphatic carbocycles. The Kier molecular flexibility index (Phi) is 4.21. The lowest BCUT2D eigenvalue weighted by molar-refractivity contribution is 1.18. The molecule has 0 radical (unpaired) electrons. The Morgan fingerprint density at radius 3 is 2.10 bits per heavy atom. The van der Waals surface area contributed by atoms with E-state index >= 15 is 0 Å². The maximum Gasteiger partial charge on any atom is 0.160 e. The van der Waals surface area contributed by atoms with Crippen LogP contribution >= 0.6 is 0 Å². The highest BCUT2D eigenvalue weighted by Gasteiger charge is 2.18. The zero-order valence-electron chi connectivity index (χ0n) is 17.0. The number of hydrogen-bond donors (Lipinski definition) is 0. The van der Waals surface area contributed by atoms with E-state index in [4.69, 9.17) is 4.98 Å². The molecule has 2 heteroatoms. The highest BCUT2D eigenvalue weighted by atomic mass is 14.9. The first-order valence-corrected chi connectivity index (χ1v) is 10.6. The van der Waals surface area contributed by atoms with Crippen LogP contribution in [0.3, 0.4) is 0 Å². The molecule has 1 aliphatic rings. The number of fused-ring (bicyclic) bond motifs is 3. The van der Waals surface area contributed by atoms with Crippen LogP contribution in [0.4, 0.5) is 0 Å². The summed E-state index contributed by atoms with van der Waals surface area (Å²) in [5, 5.41) is 0. The molecule has 146 valence electrons. The zero-order valence-corrected chi connectivity index (χ0v) is 17.0. The molecular formula is C29H20N2. The van der Waals surface area contributed by atoms with Crippen molar-refractivity contribution in [2.45, 2.75) is 6.42 Å². The molecule has 0 saturated heterocycles. The number of rotatable bonds is 3. The molecular weight excluding hydrogens is 376 g/mol. The van der Waals surface area contributed by atoms with Crippen LogP contribution in [0.2, 0.25) is 0 Å². The van der Waals surface area contributed by atoms with E-state index in [0.29, 0.717) is 0 Å². The molecule has 5 aromatic rings. The quantitative estimate of drug-likeness (QED) is 0.320. The van der Waals surface area contributed by atoms with Gasteiger partial charge in [0.25, 0.3) is 0 Å². The summed E-state index contributed by atoms with van der Waals surface area (Å²) in [7, 11) is 0. The lowest BCUT2D eigenvalue weighted by Gasteiger charge is -2.10. The van der Waals surface area contributed by atoms with Crippen molar-refractivity contribution in [1.29, 1.82) is 0 Å². The van der Waals surface area contributed by atoms with Crippen molar-refractivity contribution in [3.8, 4) is 44.9 Å². The second-order valence-electron chi connectivity index (χ2n) is 7.88. The van der Waals surface area contributed by atoms with Crippen LogP contribution in [-0.2, 0) is 6.42 Å². The highest BCUT2D eigenvalue weighted by Crippen LogP contribution is 2.38. The Bertz CT molecular complexity index is 1400. The molecule has 1 aromatic heterocycles. The van der Waals surface area contributed by atoms with Crippen LogP contribution in [0, 0.1) is 0 Å². The van der Waals surface area contributed by atoms with Gasteiger partial charge in [0.15, 0.2) is 5.82 Å². The Morgan fingerprint density at radius 1 is 0.516 bits per heavy atom. The average Bonchev–Trinajstić information content (AvgIpc) is 3.22. The lowest BCUT2D eigenvalue weighted by Crippen LogP contribution is -1.94. The molecule has 0 atom stereocenters. The molecule has 0 N–H and O–H groups in total. The van der Waals surface area contributed by atoms with E-state index in [2.05, 4.69) is 89.9 Å². The van der Waals surface area contributed by atoms with Crippen LogP contribution in [-0.4, -0.2) is 9.97 Å². The summed E-state index contributed by atoms with van der Waals surface area (Å²) in [6.45, 7) is 0. The van der Waals surface area contributed by atoms with Gasteiger partial charge >= 0.3 is 0 Å². The number of aromatic nitrogens is 2. The predicted molar refractivity (Wildman–Crippen MR) is 127 cm³/mol. The molecule has 2 nitrogen and oxygen atoms in total. The van der Waals surface area contributed by atoms with Crippen molar-refractivity contribution in [2.24, 2.45) is 0 Å². The molecule has 0 amide bonds. The standard InChI is InChI=1S/C29H20N2/c1-2-8-20(9-3-1)24-11-6-7-13-27(24)29-30-17-16-28(31-29)22-14-15-26-23(19-22)18-21-10-4-5-12-25(21)26/h1-17,19H,18H2. The highest BCUT2D eigenvalue weighted by molar-refractivity contribution is 5.82. The first kappa shape index (κ1) is 17.8. The minimum absolute atomic E-state index is 0.751. The van der Waals surface area contributed by atoms with Crippen molar-refractivity contribution in [3.63, 3.8) is 0 Å². The van der Waals surface area contributed by atoms with Crippen LogP contribution in [0.5, 0.6) is 0 Å². The van der Waals surface area contributed by atoms with Crippen molar-refractivity contribution < 1.29 is 0 Å². The largest absolute Gasteiger partial charge is 0.237 e. The summed E-state index contributed by atoms with van der Waals surface area (Å²) < 4.78 is 0. The molecule has 31 heavy (non-hydrogen) atoms. The molecule has 0 fully saturated rings. The lowest BCUT2D eigenvalue weighted by atomic mass is 9.99. The van der Waals surface area contributed by atoms with Gasteiger partial charge in [-0.1, -0.05) is 91.0 Å². The van der Waals surface area contributed by atoms with Gasteiger partial charge in [-0.05, 0) is 51.9 Å². The van der Waals surface area contributed by atoms with Crippen molar-refractivity contribution >= 4 is 0 Å². The molecule has 0 unspecified atom stereocenters. The van der Waals surface area contributed by atoms with Crippen LogP contribution < -0.4 is 0 Å². The van der Waals surface area contributed by atoms with Gasteiger partial charge in [-0.3, -0.25) is 0 Å². The van der Waals surface area contributed by atoms with Crippen molar-refractivity contribution in [1.82, 2.24) is 9.97 Å². The fourth-order valence-electron chi connectivity index (χ4n) is 4.50. The molecule has 0 aliphatic heterocycles. The SMILES string of the molecule is c1ccc(-c2ccccc2-c2nccc(-c3ccc4c(c3)Cc3ccccc3-4)n2)cc1. The summed E-state index contributed by atoms with van der Waals surface area (Å²) >= 11 is 0. The third-order valence-electron chi connectivity index (χ3n) is 6.00. The van der Waals surface area contributed by atoms with Gasteiger partial charge in [-0.25, -0.2) is 9.97 Å². The van der Waals surface area contributed by atoms with Gasteiger partial charge in [0.2, 0.25) is 0 Å². The zero-order chi connectivity index (χ0) is 20.6. The van der Waals surface area contributed by atoms with E-state index in [1.165, 1.54) is 27.8 Å². The minimum atomic E-state index is 0.751. The maximum absolute atomic E-state index is 4.96. The number of hydrogen-bond acceptors (Lipinski definition) is 2. The smallest absolute Gasteiger partial charge is 0.160 e. The number of nitrogens with zero attached hydrogens (tertiary/aromatic N) is 2. The molecule has 0 spiro atoms. The molecule has 4 aromatic carbocycles. The molecule has 1 heterocycles. The second-order valence-corrected chi connectivity index (χ2v) is 7.88. The Hall–Kier alpha value is -4.04. The van der Waals surface area contributed by atoms with Gasteiger partial charge in [0, 0.05) is 17.3 Å². The first-order chi connectivity index (χ1) is 15.4. The topological polar surface area (TPSA) is 25.8 Å². The summed E-state index contributed by atoms with van der Waals surface area (Å²) in [5.41, 5.74) is 10.9. The summed E-state index contributed by atoms with van der Waals surface area (Å²) in [6.07, 6.45) is 2.84. The predicted octanol–water partition coefficient (Wildman–Crippen LogP) is 7.05. The summed E-state index contributed by atoms with van der Waals surface area (Å²) in [5.74, 6) is 0.751. The minimum Gasteiger partial charge on any atom is -0.237 e. The number of benzene rings is 4. The first-order valence-electron chi connectivity index (χ1n) is 10.6. The Morgan fingerprint density at radius 2 is 1.23 bits per heavy atom. The van der Waals surface area contributed by atoms with E-state index in [1.54, 1.807) is 0 Å². The van der Waals surface area contributed by atoms with Crippen molar-refractivity contribution in [3.05, 3.63) is 120 Å². The van der Waals surface area contributed by atoms with E-state index < -0.39 is 0 Å². The van der Waals surface area contributed by atoms with E-state index in [0.717, 1.165) is 34.6 Å². The molecule has 0 bridgehead atoms. The normalized spacial score (nSPS) is 11.7. The third kappa shape index (κ3) is 3.13. The van der Waals surface area contributed by atoms with Crippen LogP contribution in [0.15, 0.2) is 109 Å². The second kappa shape index (κ2) is 7.33. The van der Waals surface area contributed by atoms with Gasteiger partial charge < -0.3 is 0 Å². The van der Waals surface area contributed by atoms with Gasteiger partial charge in [0.05, 0.1) is 5.69 Å². The molecule has 6 rings (SSSR count). The van der Waals surface area contributed by atoms with E-state index in [-0.39, 0.29) is 0 Å². The third-order valence-corrected chi connectivity index (χ3v) is 6.00. The monoisotopic (exact) mass is 396 g/mol. The van der Waals surface area contributed by atoms with E-state index in [1.807, 2.05) is 24.4 Å². The molecule has 0 saturated carbocycles.